The maximum absolute atomic E-state index is 12.3. The predicted molar refractivity (Wildman–Crippen MR) is 68.4 cm³/mol. The average molecular weight is 250 g/mol. The predicted octanol–water partition coefficient (Wildman–Crippen LogP) is -0.910. The molecule has 1 atom stereocenters. The van der Waals surface area contributed by atoms with E-state index in [-0.39, 0.29) is 17.5 Å². The molecule has 0 aromatic carbocycles. The van der Waals surface area contributed by atoms with Crippen molar-refractivity contribution in [3.8, 4) is 0 Å². The van der Waals surface area contributed by atoms with Gasteiger partial charge in [-0.1, -0.05) is 0 Å². The first-order chi connectivity index (χ1) is 8.61. The fourth-order valence-corrected chi connectivity index (χ4v) is 2.19. The Hall–Kier alpha value is -1.66. The van der Waals surface area contributed by atoms with E-state index in [2.05, 4.69) is 9.88 Å². The number of carbonyl (C=O) groups is 1. The van der Waals surface area contributed by atoms with Crippen LogP contribution in [0.1, 0.15) is 10.4 Å². The third-order valence-electron chi connectivity index (χ3n) is 3.25. The number of pyridine rings is 1. The van der Waals surface area contributed by atoms with E-state index in [0.717, 1.165) is 13.1 Å². The van der Waals surface area contributed by atoms with Gasteiger partial charge >= 0.3 is 0 Å². The van der Waals surface area contributed by atoms with Crippen molar-refractivity contribution in [2.24, 2.45) is 5.73 Å². The minimum atomic E-state index is -0.208. The Labute approximate surface area is 105 Å². The number of nitrogens with one attached hydrogen (secondary N) is 1. The molecule has 0 bridgehead atoms. The van der Waals surface area contributed by atoms with E-state index in [1.165, 1.54) is 12.3 Å². The number of hydrogen-bond donors (Lipinski definition) is 2. The highest BCUT2D eigenvalue weighted by molar-refractivity contribution is 5.94. The second-order valence-electron chi connectivity index (χ2n) is 4.59. The Kier molecular flexibility index (Phi) is 3.78. The van der Waals surface area contributed by atoms with E-state index in [1.807, 2.05) is 7.05 Å². The fraction of sp³-hybridized carbons (Fsp3) is 0.500. The smallest absolute Gasteiger partial charge is 0.255 e. The molecule has 1 saturated heterocycles. The third-order valence-corrected chi connectivity index (χ3v) is 3.25. The molecule has 2 rings (SSSR count). The molecule has 1 aliphatic heterocycles. The molecule has 1 aliphatic rings. The lowest BCUT2D eigenvalue weighted by atomic mass is 10.1. The second-order valence-corrected chi connectivity index (χ2v) is 4.59. The number of aromatic amines is 1. The lowest BCUT2D eigenvalue weighted by Gasteiger charge is -2.39. The number of likely N-dealkylation sites (N-methyl/N-ethyl adjacent to an activating group) is 1. The zero-order valence-electron chi connectivity index (χ0n) is 10.4. The minimum absolute atomic E-state index is 0.0307. The summed E-state index contributed by atoms with van der Waals surface area (Å²) in [4.78, 5) is 29.8. The molecule has 6 nitrogen and oxygen atoms in total. The van der Waals surface area contributed by atoms with Crippen LogP contribution in [-0.4, -0.2) is 60.0 Å². The molecule has 3 N–H and O–H groups in total. The van der Waals surface area contributed by atoms with Crippen LogP contribution in [-0.2, 0) is 0 Å². The van der Waals surface area contributed by atoms with Gasteiger partial charge in [0.05, 0.1) is 11.6 Å². The van der Waals surface area contributed by atoms with Gasteiger partial charge in [-0.05, 0) is 13.1 Å². The van der Waals surface area contributed by atoms with Gasteiger partial charge in [0.25, 0.3) is 5.91 Å². The highest BCUT2D eigenvalue weighted by atomic mass is 16.2. The Morgan fingerprint density at radius 1 is 1.50 bits per heavy atom. The maximum Gasteiger partial charge on any atom is 0.255 e. The van der Waals surface area contributed by atoms with E-state index in [9.17, 15) is 9.59 Å². The average Bonchev–Trinajstić information content (AvgIpc) is 2.38. The molecule has 1 unspecified atom stereocenters. The van der Waals surface area contributed by atoms with Gasteiger partial charge in [0.1, 0.15) is 0 Å². The minimum Gasteiger partial charge on any atom is -0.332 e. The van der Waals surface area contributed by atoms with Crippen LogP contribution in [0.4, 0.5) is 0 Å². The number of nitrogens with zero attached hydrogens (tertiary/aromatic N) is 2. The van der Waals surface area contributed by atoms with Gasteiger partial charge in [-0.25, -0.2) is 0 Å². The standard InChI is InChI=1S/C12H18N4O2/c1-15-4-5-16(10(6-13)8-15)12(18)9-2-3-11(17)14-7-9/h2-3,7,10H,4-6,8,13H2,1H3,(H,14,17). The SMILES string of the molecule is CN1CCN(C(=O)c2ccc(=O)[nH]c2)C(CN)C1. The summed E-state index contributed by atoms with van der Waals surface area (Å²) in [7, 11) is 2.02. The molecule has 2 heterocycles. The molecule has 18 heavy (non-hydrogen) atoms. The molecular formula is C12H18N4O2. The van der Waals surface area contributed by atoms with E-state index >= 15 is 0 Å². The van der Waals surface area contributed by atoms with Gasteiger partial charge in [0.15, 0.2) is 0 Å². The number of carbonyl (C=O) groups excluding carboxylic acids is 1. The van der Waals surface area contributed by atoms with Crippen molar-refractivity contribution in [1.82, 2.24) is 14.8 Å². The van der Waals surface area contributed by atoms with Crippen LogP contribution in [0.5, 0.6) is 0 Å². The molecule has 0 saturated carbocycles. The Morgan fingerprint density at radius 2 is 2.28 bits per heavy atom. The number of H-pyrrole nitrogens is 1. The van der Waals surface area contributed by atoms with Crippen molar-refractivity contribution in [2.75, 3.05) is 33.2 Å². The Morgan fingerprint density at radius 3 is 2.89 bits per heavy atom. The quantitative estimate of drug-likeness (QED) is 0.712. The molecule has 6 heteroatoms. The van der Waals surface area contributed by atoms with Crippen LogP contribution in [0.2, 0.25) is 0 Å². The summed E-state index contributed by atoms with van der Waals surface area (Å²) in [6.45, 7) is 2.73. The summed E-state index contributed by atoms with van der Waals surface area (Å²) >= 11 is 0. The molecular weight excluding hydrogens is 232 g/mol. The van der Waals surface area contributed by atoms with Gasteiger partial charge < -0.3 is 20.5 Å². The van der Waals surface area contributed by atoms with Crippen molar-refractivity contribution in [2.45, 2.75) is 6.04 Å². The lowest BCUT2D eigenvalue weighted by Crippen LogP contribution is -2.56. The monoisotopic (exact) mass is 250 g/mol. The molecule has 98 valence electrons. The van der Waals surface area contributed by atoms with Crippen molar-refractivity contribution in [1.29, 1.82) is 0 Å². The first-order valence-corrected chi connectivity index (χ1v) is 6.00. The van der Waals surface area contributed by atoms with Crippen LogP contribution in [0.15, 0.2) is 23.1 Å². The van der Waals surface area contributed by atoms with Crippen LogP contribution >= 0.6 is 0 Å². The maximum atomic E-state index is 12.3. The van der Waals surface area contributed by atoms with E-state index in [4.69, 9.17) is 5.73 Å². The van der Waals surface area contributed by atoms with Gasteiger partial charge in [-0.2, -0.15) is 0 Å². The molecule has 1 fully saturated rings. The molecule has 1 aromatic rings. The number of piperazine rings is 1. The van der Waals surface area contributed by atoms with Crippen molar-refractivity contribution in [3.63, 3.8) is 0 Å². The zero-order chi connectivity index (χ0) is 13.1. The van der Waals surface area contributed by atoms with Crippen LogP contribution < -0.4 is 11.3 Å². The number of aromatic nitrogens is 1. The summed E-state index contributed by atoms with van der Waals surface area (Å²) in [5.74, 6) is -0.0743. The summed E-state index contributed by atoms with van der Waals surface area (Å²) in [5.41, 5.74) is 6.01. The fourth-order valence-electron chi connectivity index (χ4n) is 2.19. The van der Waals surface area contributed by atoms with E-state index in [1.54, 1.807) is 11.0 Å². The van der Waals surface area contributed by atoms with E-state index < -0.39 is 0 Å². The lowest BCUT2D eigenvalue weighted by molar-refractivity contribution is 0.0515. The summed E-state index contributed by atoms with van der Waals surface area (Å²) in [5, 5.41) is 0. The zero-order valence-corrected chi connectivity index (χ0v) is 10.4. The first kappa shape index (κ1) is 12.8. The number of hydrogen-bond acceptors (Lipinski definition) is 4. The normalized spacial score (nSPS) is 21.0. The second kappa shape index (κ2) is 5.32. The molecule has 0 radical (unpaired) electrons. The summed E-state index contributed by atoms with van der Waals surface area (Å²) in [6.07, 6.45) is 1.45. The summed E-state index contributed by atoms with van der Waals surface area (Å²) in [6, 6.07) is 2.94. The van der Waals surface area contributed by atoms with Crippen molar-refractivity contribution >= 4 is 5.91 Å². The van der Waals surface area contributed by atoms with Crippen LogP contribution in [0.25, 0.3) is 0 Å². The molecule has 0 aliphatic carbocycles. The number of amides is 1. The highest BCUT2D eigenvalue weighted by Gasteiger charge is 2.28. The highest BCUT2D eigenvalue weighted by Crippen LogP contribution is 2.11. The van der Waals surface area contributed by atoms with Crippen LogP contribution in [0, 0.1) is 0 Å². The van der Waals surface area contributed by atoms with E-state index in [0.29, 0.717) is 18.7 Å². The molecule has 1 aromatic heterocycles. The molecule has 0 spiro atoms. The number of rotatable bonds is 2. The van der Waals surface area contributed by atoms with Crippen molar-refractivity contribution in [3.05, 3.63) is 34.2 Å². The Balaban J connectivity index is 2.17. The Bertz CT molecular complexity index is 465. The topological polar surface area (TPSA) is 82.4 Å². The van der Waals surface area contributed by atoms with Gasteiger partial charge in [-0.15, -0.1) is 0 Å². The largest absolute Gasteiger partial charge is 0.332 e. The van der Waals surface area contributed by atoms with Crippen molar-refractivity contribution < 1.29 is 4.79 Å². The third kappa shape index (κ3) is 2.60. The van der Waals surface area contributed by atoms with Gasteiger partial charge in [-0.3, -0.25) is 9.59 Å². The first-order valence-electron chi connectivity index (χ1n) is 6.00. The van der Waals surface area contributed by atoms with Gasteiger partial charge in [0.2, 0.25) is 5.56 Å². The molecule has 1 amide bonds. The van der Waals surface area contributed by atoms with Gasteiger partial charge in [0, 0.05) is 38.4 Å². The summed E-state index contributed by atoms with van der Waals surface area (Å²) < 4.78 is 0. The number of nitrogens with two attached hydrogens (primary N) is 1. The van der Waals surface area contributed by atoms with Crippen LogP contribution in [0.3, 0.4) is 0 Å².